The summed E-state index contributed by atoms with van der Waals surface area (Å²) in [6, 6.07) is 4.97. The molecule has 0 heterocycles. The van der Waals surface area contributed by atoms with E-state index >= 15 is 0 Å². The summed E-state index contributed by atoms with van der Waals surface area (Å²) in [6.45, 7) is 4.31. The zero-order chi connectivity index (χ0) is 15.8. The van der Waals surface area contributed by atoms with E-state index in [0.29, 0.717) is 23.5 Å². The summed E-state index contributed by atoms with van der Waals surface area (Å²) in [6.07, 6.45) is 0.732. The van der Waals surface area contributed by atoms with Gasteiger partial charge in [0, 0.05) is 6.54 Å². The van der Waals surface area contributed by atoms with Crippen LogP contribution in [-0.2, 0) is 9.53 Å². The van der Waals surface area contributed by atoms with Crippen LogP contribution in [0.15, 0.2) is 18.2 Å². The van der Waals surface area contributed by atoms with Gasteiger partial charge in [0.15, 0.2) is 5.75 Å². The minimum absolute atomic E-state index is 0.0849. The van der Waals surface area contributed by atoms with Gasteiger partial charge in [-0.05, 0) is 25.5 Å². The molecule has 6 heteroatoms. The third kappa shape index (κ3) is 4.37. The smallest absolute Gasteiger partial charge is 0.325 e. The maximum atomic E-state index is 12.6. The van der Waals surface area contributed by atoms with Crippen molar-refractivity contribution in [3.8, 4) is 5.75 Å². The normalized spacial score (nSPS) is 10.0. The first-order valence-corrected chi connectivity index (χ1v) is 6.92. The quantitative estimate of drug-likeness (QED) is 0.611. The number of esters is 1. The summed E-state index contributed by atoms with van der Waals surface area (Å²) in [5.41, 5.74) is 6.53. The van der Waals surface area contributed by atoms with E-state index in [1.54, 1.807) is 25.1 Å². The summed E-state index contributed by atoms with van der Waals surface area (Å²) < 4.78 is 10.1. The number of hydrogen-bond donors (Lipinski definition) is 1. The number of rotatable bonds is 7. The number of para-hydroxylation sites is 1. The van der Waals surface area contributed by atoms with Crippen molar-refractivity contribution >= 4 is 17.6 Å². The van der Waals surface area contributed by atoms with Crippen molar-refractivity contribution in [1.82, 2.24) is 4.90 Å². The molecule has 1 rings (SSSR count). The van der Waals surface area contributed by atoms with Gasteiger partial charge in [-0.15, -0.1) is 0 Å². The fraction of sp³-hybridized carbons (Fsp3) is 0.467. The van der Waals surface area contributed by atoms with Crippen LogP contribution >= 0.6 is 0 Å². The molecule has 1 amide bonds. The molecule has 0 aliphatic rings. The first kappa shape index (κ1) is 16.8. The van der Waals surface area contributed by atoms with Crippen LogP contribution in [0.1, 0.15) is 30.6 Å². The van der Waals surface area contributed by atoms with Gasteiger partial charge in [0.1, 0.15) is 6.54 Å². The van der Waals surface area contributed by atoms with Crippen LogP contribution in [0.25, 0.3) is 0 Å². The number of benzene rings is 1. The number of carbonyl (C=O) groups excluding carboxylic acids is 2. The molecule has 0 atom stereocenters. The van der Waals surface area contributed by atoms with E-state index in [9.17, 15) is 9.59 Å². The first-order valence-electron chi connectivity index (χ1n) is 6.92. The number of ether oxygens (including phenoxy) is 2. The van der Waals surface area contributed by atoms with Crippen LogP contribution < -0.4 is 10.5 Å². The molecule has 1 aromatic carbocycles. The van der Waals surface area contributed by atoms with Crippen LogP contribution in [0.4, 0.5) is 5.69 Å². The minimum atomic E-state index is -0.429. The van der Waals surface area contributed by atoms with Gasteiger partial charge >= 0.3 is 5.97 Å². The number of methoxy groups -OCH3 is 1. The molecule has 0 fully saturated rings. The lowest BCUT2D eigenvalue weighted by Crippen LogP contribution is -2.37. The highest BCUT2D eigenvalue weighted by Gasteiger charge is 2.22. The fourth-order valence-corrected chi connectivity index (χ4v) is 2.01. The van der Waals surface area contributed by atoms with E-state index in [4.69, 9.17) is 15.2 Å². The topological polar surface area (TPSA) is 81.9 Å². The number of nitrogen functional groups attached to an aromatic ring is 1. The number of nitrogens with two attached hydrogens (primary N) is 1. The number of nitrogens with zero attached hydrogens (tertiary/aromatic N) is 1. The SMILES string of the molecule is CCCN(CC(=O)OCC)C(=O)c1cccc(N)c1OC. The predicted molar refractivity (Wildman–Crippen MR) is 80.2 cm³/mol. The molecule has 1 aromatic rings. The second kappa shape index (κ2) is 8.14. The standard InChI is InChI=1S/C15H22N2O4/c1-4-9-17(10-13(18)21-5-2)15(19)11-7-6-8-12(16)14(11)20-3/h6-8H,4-5,9-10,16H2,1-3H3. The minimum Gasteiger partial charge on any atom is -0.494 e. The van der Waals surface area contributed by atoms with E-state index < -0.39 is 5.97 Å². The van der Waals surface area contributed by atoms with Gasteiger partial charge < -0.3 is 20.1 Å². The zero-order valence-electron chi connectivity index (χ0n) is 12.7. The van der Waals surface area contributed by atoms with Gasteiger partial charge in [0.05, 0.1) is 25.0 Å². The molecular weight excluding hydrogens is 272 g/mol. The number of carbonyl (C=O) groups is 2. The molecule has 21 heavy (non-hydrogen) atoms. The maximum absolute atomic E-state index is 12.6. The van der Waals surface area contributed by atoms with Gasteiger partial charge in [0.2, 0.25) is 0 Å². The molecule has 2 N–H and O–H groups in total. The molecule has 0 aliphatic carbocycles. The Morgan fingerprint density at radius 2 is 2.00 bits per heavy atom. The Kier molecular flexibility index (Phi) is 6.52. The summed E-state index contributed by atoms with van der Waals surface area (Å²) in [5.74, 6) is -0.399. The van der Waals surface area contributed by atoms with E-state index in [2.05, 4.69) is 0 Å². The molecule has 0 saturated heterocycles. The van der Waals surface area contributed by atoms with E-state index in [0.717, 1.165) is 6.42 Å². The van der Waals surface area contributed by atoms with Gasteiger partial charge in [0.25, 0.3) is 5.91 Å². The van der Waals surface area contributed by atoms with Crippen molar-refractivity contribution in [2.45, 2.75) is 20.3 Å². The Morgan fingerprint density at radius 1 is 1.29 bits per heavy atom. The van der Waals surface area contributed by atoms with Crippen molar-refractivity contribution in [2.75, 3.05) is 32.5 Å². The third-order valence-corrected chi connectivity index (χ3v) is 2.89. The monoisotopic (exact) mass is 294 g/mol. The highest BCUT2D eigenvalue weighted by molar-refractivity contribution is 5.99. The highest BCUT2D eigenvalue weighted by Crippen LogP contribution is 2.27. The Balaban J connectivity index is 3.00. The van der Waals surface area contributed by atoms with Crippen molar-refractivity contribution in [3.63, 3.8) is 0 Å². The van der Waals surface area contributed by atoms with Gasteiger partial charge in [-0.3, -0.25) is 9.59 Å². The highest BCUT2D eigenvalue weighted by atomic mass is 16.5. The molecule has 6 nitrogen and oxygen atoms in total. The van der Waals surface area contributed by atoms with Crippen molar-refractivity contribution in [1.29, 1.82) is 0 Å². The van der Waals surface area contributed by atoms with E-state index in [1.165, 1.54) is 12.0 Å². The molecule has 0 unspecified atom stereocenters. The van der Waals surface area contributed by atoms with Crippen molar-refractivity contribution in [3.05, 3.63) is 23.8 Å². The predicted octanol–water partition coefficient (Wildman–Crippen LogP) is 1.69. The largest absolute Gasteiger partial charge is 0.494 e. The van der Waals surface area contributed by atoms with Crippen LogP contribution in [-0.4, -0.2) is 43.6 Å². The Labute approximate surface area is 124 Å². The lowest BCUT2D eigenvalue weighted by atomic mass is 10.1. The number of hydrogen-bond acceptors (Lipinski definition) is 5. The summed E-state index contributed by atoms with van der Waals surface area (Å²) in [7, 11) is 1.46. The van der Waals surface area contributed by atoms with E-state index in [-0.39, 0.29) is 19.1 Å². The summed E-state index contributed by atoms with van der Waals surface area (Å²) >= 11 is 0. The second-order valence-electron chi connectivity index (χ2n) is 4.46. The van der Waals surface area contributed by atoms with Crippen LogP contribution in [0.5, 0.6) is 5.75 Å². The summed E-state index contributed by atoms with van der Waals surface area (Å²) in [4.78, 5) is 25.6. The molecule has 116 valence electrons. The summed E-state index contributed by atoms with van der Waals surface area (Å²) in [5, 5.41) is 0. The number of amides is 1. The van der Waals surface area contributed by atoms with Crippen molar-refractivity contribution < 1.29 is 19.1 Å². The van der Waals surface area contributed by atoms with Crippen molar-refractivity contribution in [2.24, 2.45) is 0 Å². The average molecular weight is 294 g/mol. The first-order chi connectivity index (χ1) is 10.0. The zero-order valence-corrected chi connectivity index (χ0v) is 12.7. The lowest BCUT2D eigenvalue weighted by Gasteiger charge is -2.22. The fourth-order valence-electron chi connectivity index (χ4n) is 2.01. The molecule has 0 spiro atoms. The molecule has 0 radical (unpaired) electrons. The molecule has 0 aromatic heterocycles. The molecule has 0 saturated carbocycles. The maximum Gasteiger partial charge on any atom is 0.325 e. The third-order valence-electron chi connectivity index (χ3n) is 2.89. The van der Waals surface area contributed by atoms with Gasteiger partial charge in [-0.25, -0.2) is 0 Å². The van der Waals surface area contributed by atoms with Crippen LogP contribution in [0, 0.1) is 0 Å². The average Bonchev–Trinajstić information content (AvgIpc) is 2.46. The van der Waals surface area contributed by atoms with Gasteiger partial charge in [-0.2, -0.15) is 0 Å². The number of anilines is 1. The second-order valence-corrected chi connectivity index (χ2v) is 4.46. The Hall–Kier alpha value is -2.24. The van der Waals surface area contributed by atoms with Gasteiger partial charge in [-0.1, -0.05) is 13.0 Å². The Bertz CT molecular complexity index is 502. The lowest BCUT2D eigenvalue weighted by molar-refractivity contribution is -0.143. The molecule has 0 bridgehead atoms. The molecular formula is C15H22N2O4. The molecule has 0 aliphatic heterocycles. The van der Waals surface area contributed by atoms with E-state index in [1.807, 2.05) is 6.92 Å². The van der Waals surface area contributed by atoms with Crippen LogP contribution in [0.2, 0.25) is 0 Å². The Morgan fingerprint density at radius 3 is 2.57 bits per heavy atom. The van der Waals surface area contributed by atoms with Crippen LogP contribution in [0.3, 0.4) is 0 Å².